The summed E-state index contributed by atoms with van der Waals surface area (Å²) in [6.45, 7) is 1.55. The Hall–Kier alpha value is -3.33. The van der Waals surface area contributed by atoms with E-state index in [1.54, 1.807) is 48.9 Å². The van der Waals surface area contributed by atoms with Crippen molar-refractivity contribution in [1.29, 1.82) is 0 Å². The molecule has 0 fully saturated rings. The first-order valence-corrected chi connectivity index (χ1v) is 9.56. The number of fused-ring (bicyclic) bond motifs is 2. The Morgan fingerprint density at radius 3 is 2.76 bits per heavy atom. The maximum atomic E-state index is 12.7. The summed E-state index contributed by atoms with van der Waals surface area (Å²) in [6.07, 6.45) is 1.33. The van der Waals surface area contributed by atoms with Crippen molar-refractivity contribution in [2.45, 2.75) is 13.0 Å². The molecule has 0 spiro atoms. The van der Waals surface area contributed by atoms with E-state index in [1.165, 1.54) is 10.9 Å². The van der Waals surface area contributed by atoms with E-state index in [0.717, 1.165) is 9.99 Å². The Kier molecular flexibility index (Phi) is 4.75. The molecule has 0 radical (unpaired) electrons. The van der Waals surface area contributed by atoms with Gasteiger partial charge in [-0.25, -0.2) is 4.98 Å². The van der Waals surface area contributed by atoms with Gasteiger partial charge in [0.25, 0.3) is 11.5 Å². The van der Waals surface area contributed by atoms with Gasteiger partial charge in [0.15, 0.2) is 5.69 Å². The number of halogens is 1. The summed E-state index contributed by atoms with van der Waals surface area (Å²) in [5, 5.41) is 19.2. The number of azo groups is 1. The monoisotopic (exact) mass is 453 g/mol. The number of hydrogen-bond donors (Lipinski definition) is 1. The predicted molar refractivity (Wildman–Crippen MR) is 113 cm³/mol. The number of carbonyl (C=O) groups excluding carboxylic acids is 1. The maximum Gasteiger partial charge on any atom is 0.287 e. The van der Waals surface area contributed by atoms with E-state index in [9.17, 15) is 14.7 Å². The van der Waals surface area contributed by atoms with E-state index in [0.29, 0.717) is 16.3 Å². The van der Waals surface area contributed by atoms with E-state index in [-0.39, 0.29) is 17.1 Å². The number of aryl methyl sites for hydroxylation is 1. The fourth-order valence-electron chi connectivity index (χ4n) is 3.14. The van der Waals surface area contributed by atoms with Crippen LogP contribution in [-0.2, 0) is 11.8 Å². The van der Waals surface area contributed by atoms with Gasteiger partial charge in [0.05, 0.1) is 22.7 Å². The van der Waals surface area contributed by atoms with Crippen molar-refractivity contribution >= 4 is 49.3 Å². The molecule has 1 N–H and O–H groups in total. The average Bonchev–Trinajstić information content (AvgIpc) is 2.95. The lowest BCUT2D eigenvalue weighted by atomic mass is 10.2. The molecular weight excluding hydrogens is 438 g/mol. The summed E-state index contributed by atoms with van der Waals surface area (Å²) in [5.41, 5.74) is 1.16. The molecule has 29 heavy (non-hydrogen) atoms. The number of rotatable bonds is 3. The minimum atomic E-state index is -0.896. The molecule has 9 heteroatoms. The van der Waals surface area contributed by atoms with Gasteiger partial charge in [0, 0.05) is 16.9 Å². The largest absolute Gasteiger partial charge is 0.493 e. The van der Waals surface area contributed by atoms with E-state index < -0.39 is 11.9 Å². The van der Waals surface area contributed by atoms with Crippen LogP contribution in [0.3, 0.4) is 0 Å². The molecule has 0 aliphatic rings. The summed E-state index contributed by atoms with van der Waals surface area (Å²) in [5.74, 6) is -0.734. The molecule has 8 nitrogen and oxygen atoms in total. The molecule has 0 saturated heterocycles. The fourth-order valence-corrected chi connectivity index (χ4v) is 3.50. The summed E-state index contributed by atoms with van der Waals surface area (Å²) in [6, 6.07) is 11.5. The molecule has 4 aromatic rings. The van der Waals surface area contributed by atoms with E-state index in [4.69, 9.17) is 0 Å². The first-order valence-electron chi connectivity index (χ1n) is 8.77. The molecule has 146 valence electrons. The Balaban J connectivity index is 1.70. The number of aromatic hydroxyl groups is 1. The van der Waals surface area contributed by atoms with Crippen molar-refractivity contribution in [3.05, 3.63) is 63.6 Å². The molecule has 2 aromatic carbocycles. The van der Waals surface area contributed by atoms with Crippen LogP contribution < -0.4 is 5.56 Å². The number of aromatic nitrogens is 3. The van der Waals surface area contributed by atoms with Gasteiger partial charge < -0.3 is 9.67 Å². The number of carbonyl (C=O) groups is 1. The number of amides is 1. The van der Waals surface area contributed by atoms with Gasteiger partial charge in [-0.15, -0.1) is 10.2 Å². The zero-order valence-corrected chi connectivity index (χ0v) is 17.2. The van der Waals surface area contributed by atoms with Crippen LogP contribution in [0.5, 0.6) is 5.88 Å². The number of nitrogens with zero attached hydrogens (tertiary/aromatic N) is 5. The molecule has 0 unspecified atom stereocenters. The first kappa shape index (κ1) is 19.0. The molecule has 0 bridgehead atoms. The standard InChI is InChI=1S/C20H16BrN5O3/c1-11(26-10-22-15-6-4-3-5-13(15)19(26)28)18(27)24-23-17-14-9-12(21)7-8-16(14)25(2)20(17)29/h3-11,29H,1-2H3/t11-/m0/s1. The van der Waals surface area contributed by atoms with Gasteiger partial charge in [-0.05, 0) is 37.3 Å². The van der Waals surface area contributed by atoms with Crippen molar-refractivity contribution in [3.63, 3.8) is 0 Å². The topological polar surface area (TPSA) is 102 Å². The van der Waals surface area contributed by atoms with Gasteiger partial charge in [-0.3, -0.25) is 14.2 Å². The lowest BCUT2D eigenvalue weighted by Gasteiger charge is -2.11. The third kappa shape index (κ3) is 3.23. The van der Waals surface area contributed by atoms with E-state index >= 15 is 0 Å². The summed E-state index contributed by atoms with van der Waals surface area (Å²) >= 11 is 3.39. The lowest BCUT2D eigenvalue weighted by molar-refractivity contribution is -0.121. The second kappa shape index (κ2) is 7.25. The molecule has 0 aliphatic heterocycles. The van der Waals surface area contributed by atoms with Crippen molar-refractivity contribution < 1.29 is 9.90 Å². The third-order valence-corrected chi connectivity index (χ3v) is 5.31. The van der Waals surface area contributed by atoms with Crippen LogP contribution in [0.1, 0.15) is 13.0 Å². The second-order valence-electron chi connectivity index (χ2n) is 6.58. The lowest BCUT2D eigenvalue weighted by Crippen LogP contribution is -2.27. The van der Waals surface area contributed by atoms with Crippen molar-refractivity contribution in [2.24, 2.45) is 17.3 Å². The minimum Gasteiger partial charge on any atom is -0.493 e. The highest BCUT2D eigenvalue weighted by Gasteiger charge is 2.19. The number of hydrogen-bond acceptors (Lipinski definition) is 5. The SMILES string of the molecule is C[C@@H](C(=O)N=Nc1c(O)n(C)c2ccc(Br)cc12)n1cnc2ccccc2c1=O. The Labute approximate surface area is 173 Å². The average molecular weight is 454 g/mol. The van der Waals surface area contributed by atoms with E-state index in [1.807, 2.05) is 12.1 Å². The van der Waals surface area contributed by atoms with Crippen molar-refractivity contribution in [3.8, 4) is 5.88 Å². The van der Waals surface area contributed by atoms with Gasteiger partial charge in [-0.2, -0.15) is 0 Å². The molecule has 0 aliphatic carbocycles. The quantitative estimate of drug-likeness (QED) is 0.468. The van der Waals surface area contributed by atoms with Crippen molar-refractivity contribution in [2.75, 3.05) is 0 Å². The third-order valence-electron chi connectivity index (χ3n) is 4.82. The van der Waals surface area contributed by atoms with Crippen LogP contribution in [0.15, 0.2) is 68.3 Å². The Morgan fingerprint density at radius 1 is 1.21 bits per heavy atom. The zero-order valence-electron chi connectivity index (χ0n) is 15.6. The van der Waals surface area contributed by atoms with Crippen LogP contribution in [0.25, 0.3) is 21.8 Å². The molecule has 1 amide bonds. The van der Waals surface area contributed by atoms with Crippen LogP contribution in [0, 0.1) is 0 Å². The molecular formula is C20H16BrN5O3. The van der Waals surface area contributed by atoms with Gasteiger partial charge >= 0.3 is 0 Å². The highest BCUT2D eigenvalue weighted by atomic mass is 79.9. The molecule has 1 atom stereocenters. The number of para-hydroxylation sites is 1. The summed E-state index contributed by atoms with van der Waals surface area (Å²) < 4.78 is 3.59. The first-order chi connectivity index (χ1) is 13.9. The predicted octanol–water partition coefficient (Wildman–Crippen LogP) is 4.23. The van der Waals surface area contributed by atoms with E-state index in [2.05, 4.69) is 31.1 Å². The molecule has 2 aromatic heterocycles. The molecule has 0 saturated carbocycles. The van der Waals surface area contributed by atoms with Crippen LogP contribution in [0.4, 0.5) is 5.69 Å². The van der Waals surface area contributed by atoms with Gasteiger partial charge in [0.1, 0.15) is 6.04 Å². The Morgan fingerprint density at radius 2 is 1.97 bits per heavy atom. The second-order valence-corrected chi connectivity index (χ2v) is 7.50. The highest BCUT2D eigenvalue weighted by molar-refractivity contribution is 9.10. The Bertz CT molecular complexity index is 1360. The summed E-state index contributed by atoms with van der Waals surface area (Å²) in [4.78, 5) is 29.5. The number of benzene rings is 2. The maximum absolute atomic E-state index is 12.7. The highest BCUT2D eigenvalue weighted by Crippen LogP contribution is 2.39. The van der Waals surface area contributed by atoms with Gasteiger partial charge in [0.2, 0.25) is 5.88 Å². The molecule has 2 heterocycles. The van der Waals surface area contributed by atoms with Crippen LogP contribution in [0.2, 0.25) is 0 Å². The normalized spacial score (nSPS) is 12.8. The minimum absolute atomic E-state index is 0.105. The van der Waals surface area contributed by atoms with Crippen LogP contribution >= 0.6 is 15.9 Å². The zero-order chi connectivity index (χ0) is 20.7. The van der Waals surface area contributed by atoms with Crippen molar-refractivity contribution in [1.82, 2.24) is 14.1 Å². The fraction of sp³-hybridized carbons (Fsp3) is 0.150. The smallest absolute Gasteiger partial charge is 0.287 e. The summed E-state index contributed by atoms with van der Waals surface area (Å²) in [7, 11) is 1.69. The molecule has 4 rings (SSSR count). The van der Waals surface area contributed by atoms with Gasteiger partial charge in [-0.1, -0.05) is 28.1 Å². The van der Waals surface area contributed by atoms with Crippen LogP contribution in [-0.4, -0.2) is 25.1 Å².